The fraction of sp³-hybridized carbons (Fsp3) is 0.455. The van der Waals surface area contributed by atoms with Gasteiger partial charge in [-0.25, -0.2) is 0 Å². The van der Waals surface area contributed by atoms with E-state index in [4.69, 9.17) is 0 Å². The Morgan fingerprint density at radius 2 is 2.42 bits per heavy atom. The first kappa shape index (κ1) is 9.27. The molecule has 0 aliphatic carbocycles. The van der Waals surface area contributed by atoms with Gasteiger partial charge in [-0.2, -0.15) is 0 Å². The fourth-order valence-electron chi connectivity index (χ4n) is 1.52. The van der Waals surface area contributed by atoms with Gasteiger partial charge < -0.3 is 5.32 Å². The molecule has 0 spiro atoms. The van der Waals surface area contributed by atoms with Crippen molar-refractivity contribution in [1.29, 1.82) is 0 Å². The smallest absolute Gasteiger partial charge is 0.00206 e. The van der Waals surface area contributed by atoms with Crippen LogP contribution in [0.1, 0.15) is 13.3 Å². The molecule has 1 rings (SSSR count). The third-order valence-electron chi connectivity index (χ3n) is 2.25. The van der Waals surface area contributed by atoms with Gasteiger partial charge in [0.1, 0.15) is 0 Å². The molecule has 1 atom stereocenters. The summed E-state index contributed by atoms with van der Waals surface area (Å²) >= 11 is 0. The van der Waals surface area contributed by atoms with Crippen LogP contribution in [-0.2, 0) is 0 Å². The van der Waals surface area contributed by atoms with Gasteiger partial charge in [0.15, 0.2) is 0 Å². The van der Waals surface area contributed by atoms with E-state index in [1.165, 1.54) is 12.0 Å². The van der Waals surface area contributed by atoms with Crippen molar-refractivity contribution in [1.82, 2.24) is 5.32 Å². The summed E-state index contributed by atoms with van der Waals surface area (Å²) in [4.78, 5) is 0. The van der Waals surface area contributed by atoms with Crippen molar-refractivity contribution in [2.24, 2.45) is 5.92 Å². The van der Waals surface area contributed by atoms with Gasteiger partial charge in [-0.1, -0.05) is 30.9 Å². The quantitative estimate of drug-likeness (QED) is 0.629. The van der Waals surface area contributed by atoms with Crippen molar-refractivity contribution >= 4 is 0 Å². The fourth-order valence-corrected chi connectivity index (χ4v) is 1.52. The van der Waals surface area contributed by atoms with Crippen LogP contribution in [0.4, 0.5) is 0 Å². The normalized spacial score (nSPS) is 25.1. The highest BCUT2D eigenvalue weighted by Gasteiger charge is 2.15. The Morgan fingerprint density at radius 1 is 1.58 bits per heavy atom. The van der Waals surface area contributed by atoms with E-state index in [0.29, 0.717) is 5.92 Å². The van der Waals surface area contributed by atoms with Crippen molar-refractivity contribution < 1.29 is 0 Å². The lowest BCUT2D eigenvalue weighted by Crippen LogP contribution is -2.09. The predicted octanol–water partition coefficient (Wildman–Crippen LogP) is 2.28. The van der Waals surface area contributed by atoms with Crippen molar-refractivity contribution in [2.75, 3.05) is 13.1 Å². The molecule has 0 radical (unpaired) electrons. The molecule has 1 N–H and O–H groups in total. The van der Waals surface area contributed by atoms with Gasteiger partial charge in [0.25, 0.3) is 0 Å². The average Bonchev–Trinajstić information content (AvgIpc) is 2.59. The molecular formula is C11H17N. The number of rotatable bonds is 3. The molecule has 66 valence electrons. The van der Waals surface area contributed by atoms with E-state index in [9.17, 15) is 0 Å². The topological polar surface area (TPSA) is 12.0 Å². The molecule has 1 fully saturated rings. The van der Waals surface area contributed by atoms with Crippen molar-refractivity contribution in [3.63, 3.8) is 0 Å². The van der Waals surface area contributed by atoms with Gasteiger partial charge in [-0.3, -0.25) is 0 Å². The third kappa shape index (κ3) is 2.35. The maximum absolute atomic E-state index is 3.83. The average molecular weight is 163 g/mol. The van der Waals surface area contributed by atoms with E-state index in [2.05, 4.69) is 24.0 Å². The summed E-state index contributed by atoms with van der Waals surface area (Å²) in [5, 5.41) is 3.35. The molecule has 0 saturated carbocycles. The zero-order chi connectivity index (χ0) is 8.81. The minimum Gasteiger partial charge on any atom is -0.316 e. The maximum atomic E-state index is 3.83. The standard InChI is InChI=1S/C11H17N/c1-3-5-6-10(4-2)11-7-8-12-9-11/h3-6,11-12H,2,7-9H2,1H3/b5-3+,10-6+. The minimum absolute atomic E-state index is 0.679. The van der Waals surface area contributed by atoms with Gasteiger partial charge >= 0.3 is 0 Å². The zero-order valence-corrected chi connectivity index (χ0v) is 7.72. The molecule has 0 aromatic heterocycles. The Balaban J connectivity index is 2.59. The molecule has 1 saturated heterocycles. The van der Waals surface area contributed by atoms with Crippen LogP contribution >= 0.6 is 0 Å². The Labute approximate surface area is 74.9 Å². The van der Waals surface area contributed by atoms with Crippen molar-refractivity contribution in [2.45, 2.75) is 13.3 Å². The highest BCUT2D eigenvalue weighted by atomic mass is 14.9. The SMILES string of the molecule is C=C/C(=C\C=C\C)C1CCNC1. The van der Waals surface area contributed by atoms with Crippen LogP contribution < -0.4 is 5.32 Å². The number of hydrogen-bond acceptors (Lipinski definition) is 1. The Kier molecular flexibility index (Phi) is 3.81. The van der Waals surface area contributed by atoms with Crippen LogP contribution in [0, 0.1) is 5.92 Å². The van der Waals surface area contributed by atoms with Gasteiger partial charge in [0.05, 0.1) is 0 Å². The van der Waals surface area contributed by atoms with Crippen LogP contribution in [0.5, 0.6) is 0 Å². The molecule has 12 heavy (non-hydrogen) atoms. The molecule has 1 unspecified atom stereocenters. The molecule has 0 aromatic rings. The maximum Gasteiger partial charge on any atom is 0.00206 e. The van der Waals surface area contributed by atoms with Crippen LogP contribution in [0.15, 0.2) is 36.5 Å². The second-order valence-electron chi connectivity index (χ2n) is 3.09. The summed E-state index contributed by atoms with van der Waals surface area (Å²) in [6.07, 6.45) is 9.50. The second-order valence-corrected chi connectivity index (χ2v) is 3.09. The molecule has 1 heteroatoms. The molecule has 0 amide bonds. The third-order valence-corrected chi connectivity index (χ3v) is 2.25. The molecule has 1 aliphatic heterocycles. The van der Waals surface area contributed by atoms with Crippen LogP contribution in [0.3, 0.4) is 0 Å². The van der Waals surface area contributed by atoms with Gasteiger partial charge in [-0.15, -0.1) is 0 Å². The second kappa shape index (κ2) is 4.94. The lowest BCUT2D eigenvalue weighted by molar-refractivity contribution is 0.698. The molecule has 0 aromatic carbocycles. The summed E-state index contributed by atoms with van der Waals surface area (Å²) in [5.41, 5.74) is 1.36. The van der Waals surface area contributed by atoms with Crippen molar-refractivity contribution in [3.8, 4) is 0 Å². The highest BCUT2D eigenvalue weighted by molar-refractivity contribution is 5.25. The lowest BCUT2D eigenvalue weighted by Gasteiger charge is -2.07. The highest BCUT2D eigenvalue weighted by Crippen LogP contribution is 2.18. The molecule has 0 bridgehead atoms. The van der Waals surface area contributed by atoms with E-state index in [1.807, 2.05) is 19.1 Å². The van der Waals surface area contributed by atoms with Crippen LogP contribution in [-0.4, -0.2) is 13.1 Å². The molecule has 1 nitrogen and oxygen atoms in total. The minimum atomic E-state index is 0.679. The largest absolute Gasteiger partial charge is 0.316 e. The lowest BCUT2D eigenvalue weighted by atomic mass is 9.98. The summed E-state index contributed by atoms with van der Waals surface area (Å²) in [6, 6.07) is 0. The zero-order valence-electron chi connectivity index (χ0n) is 7.72. The first-order valence-electron chi connectivity index (χ1n) is 4.54. The molecule has 1 heterocycles. The van der Waals surface area contributed by atoms with Gasteiger partial charge in [0, 0.05) is 6.54 Å². The molecular weight excluding hydrogens is 146 g/mol. The monoisotopic (exact) mass is 163 g/mol. The first-order valence-corrected chi connectivity index (χ1v) is 4.54. The van der Waals surface area contributed by atoms with Gasteiger partial charge in [-0.05, 0) is 31.4 Å². The van der Waals surface area contributed by atoms with Gasteiger partial charge in [0.2, 0.25) is 0 Å². The van der Waals surface area contributed by atoms with Crippen LogP contribution in [0.2, 0.25) is 0 Å². The Morgan fingerprint density at radius 3 is 2.92 bits per heavy atom. The summed E-state index contributed by atoms with van der Waals surface area (Å²) < 4.78 is 0. The van der Waals surface area contributed by atoms with E-state index in [1.54, 1.807) is 0 Å². The van der Waals surface area contributed by atoms with E-state index < -0.39 is 0 Å². The van der Waals surface area contributed by atoms with E-state index in [0.717, 1.165) is 13.1 Å². The number of allylic oxidation sites excluding steroid dienone is 4. The van der Waals surface area contributed by atoms with Crippen molar-refractivity contribution in [3.05, 3.63) is 36.5 Å². The molecule has 1 aliphatic rings. The summed E-state index contributed by atoms with van der Waals surface area (Å²) in [5.74, 6) is 0.679. The van der Waals surface area contributed by atoms with E-state index >= 15 is 0 Å². The number of nitrogens with one attached hydrogen (secondary N) is 1. The predicted molar refractivity (Wildman–Crippen MR) is 54.1 cm³/mol. The summed E-state index contributed by atoms with van der Waals surface area (Å²) in [6.45, 7) is 8.11. The van der Waals surface area contributed by atoms with E-state index in [-0.39, 0.29) is 0 Å². The summed E-state index contributed by atoms with van der Waals surface area (Å²) in [7, 11) is 0. The first-order chi connectivity index (χ1) is 5.88. The van der Waals surface area contributed by atoms with Crippen LogP contribution in [0.25, 0.3) is 0 Å². The Hall–Kier alpha value is -0.820. The Bertz CT molecular complexity index is 195. The number of hydrogen-bond donors (Lipinski definition) is 1.